The lowest BCUT2D eigenvalue weighted by Crippen LogP contribution is -2.41. The highest BCUT2D eigenvalue weighted by Crippen LogP contribution is 2.45. The molecule has 1 aliphatic heterocycles. The summed E-state index contributed by atoms with van der Waals surface area (Å²) in [6.07, 6.45) is 0.810. The second-order valence-corrected chi connectivity index (χ2v) is 5.95. The van der Waals surface area contributed by atoms with E-state index in [1.54, 1.807) is 0 Å². The average Bonchev–Trinajstić information content (AvgIpc) is 2.89. The van der Waals surface area contributed by atoms with Crippen LogP contribution >= 0.6 is 0 Å². The zero-order chi connectivity index (χ0) is 15.7. The van der Waals surface area contributed by atoms with Gasteiger partial charge in [-0.2, -0.15) is 0 Å². The largest absolute Gasteiger partial charge is 0.386 e. The Labute approximate surface area is 136 Å². The Morgan fingerprint density at radius 1 is 0.739 bits per heavy atom. The summed E-state index contributed by atoms with van der Waals surface area (Å²) in [6.45, 7) is 0. The second-order valence-electron chi connectivity index (χ2n) is 5.95. The third kappa shape index (κ3) is 2.15. The van der Waals surface area contributed by atoms with Gasteiger partial charge in [0.1, 0.15) is 5.84 Å². The van der Waals surface area contributed by atoms with Crippen LogP contribution in [0.4, 0.5) is 5.69 Å². The fraction of sp³-hybridized carbons (Fsp3) is 0.0952. The zero-order valence-electron chi connectivity index (χ0n) is 12.8. The van der Waals surface area contributed by atoms with Crippen LogP contribution in [0.3, 0.4) is 0 Å². The summed E-state index contributed by atoms with van der Waals surface area (Å²) in [4.78, 5) is 4.67. The minimum Gasteiger partial charge on any atom is -0.386 e. The van der Waals surface area contributed by atoms with E-state index < -0.39 is 0 Å². The van der Waals surface area contributed by atoms with E-state index >= 15 is 0 Å². The molecule has 0 fully saturated rings. The molecule has 1 aliphatic rings. The highest BCUT2D eigenvalue weighted by atomic mass is 14.9. The molecular weight excluding hydrogens is 280 g/mol. The van der Waals surface area contributed by atoms with Crippen molar-refractivity contribution in [2.75, 3.05) is 0 Å². The molecule has 2 heteroatoms. The first-order valence-electron chi connectivity index (χ1n) is 7.84. The van der Waals surface area contributed by atoms with Crippen molar-refractivity contribution >= 4 is 11.5 Å². The SMILES string of the molecule is NC1=Nc2ccccc2C1(Cc1ccccc1)c1ccccc1. The Kier molecular flexibility index (Phi) is 3.23. The van der Waals surface area contributed by atoms with Gasteiger partial charge in [0.25, 0.3) is 0 Å². The molecule has 0 amide bonds. The Morgan fingerprint density at radius 2 is 1.35 bits per heavy atom. The van der Waals surface area contributed by atoms with Crippen molar-refractivity contribution in [3.63, 3.8) is 0 Å². The van der Waals surface area contributed by atoms with Gasteiger partial charge >= 0.3 is 0 Å². The normalized spacial score (nSPS) is 19.2. The van der Waals surface area contributed by atoms with Crippen molar-refractivity contribution in [3.8, 4) is 0 Å². The predicted molar refractivity (Wildman–Crippen MR) is 95.1 cm³/mol. The van der Waals surface area contributed by atoms with Crippen LogP contribution in [0.25, 0.3) is 0 Å². The standard InChI is InChI=1S/C21H18N2/c22-20-21(17-11-5-2-6-12-17,15-16-9-3-1-4-10-16)18-13-7-8-14-19(18)23-20/h1-14H,15H2,(H2,22,23). The molecule has 0 saturated carbocycles. The number of para-hydroxylation sites is 1. The summed E-state index contributed by atoms with van der Waals surface area (Å²) in [5.41, 5.74) is 10.7. The molecule has 3 aromatic rings. The summed E-state index contributed by atoms with van der Waals surface area (Å²) in [6, 6.07) is 29.2. The quantitative estimate of drug-likeness (QED) is 0.772. The van der Waals surface area contributed by atoms with Crippen molar-refractivity contribution in [2.45, 2.75) is 11.8 Å². The Balaban J connectivity index is 1.94. The van der Waals surface area contributed by atoms with Gasteiger partial charge in [-0.3, -0.25) is 0 Å². The van der Waals surface area contributed by atoms with Gasteiger partial charge in [0.2, 0.25) is 0 Å². The summed E-state index contributed by atoms with van der Waals surface area (Å²) >= 11 is 0. The number of fused-ring (bicyclic) bond motifs is 1. The van der Waals surface area contributed by atoms with Crippen LogP contribution in [-0.4, -0.2) is 5.84 Å². The van der Waals surface area contributed by atoms with Crippen LogP contribution < -0.4 is 5.73 Å². The van der Waals surface area contributed by atoms with Crippen LogP contribution in [0.5, 0.6) is 0 Å². The molecule has 112 valence electrons. The zero-order valence-corrected chi connectivity index (χ0v) is 12.8. The molecule has 1 atom stereocenters. The van der Waals surface area contributed by atoms with Gasteiger partial charge < -0.3 is 5.73 Å². The van der Waals surface area contributed by atoms with Crippen molar-refractivity contribution < 1.29 is 0 Å². The van der Waals surface area contributed by atoms with Gasteiger partial charge in [0.05, 0.1) is 11.1 Å². The minimum atomic E-state index is -0.390. The van der Waals surface area contributed by atoms with Gasteiger partial charge in [-0.05, 0) is 29.2 Å². The Morgan fingerprint density at radius 3 is 2.09 bits per heavy atom. The third-order valence-electron chi connectivity index (χ3n) is 4.62. The average molecular weight is 298 g/mol. The number of hydrogen-bond acceptors (Lipinski definition) is 2. The smallest absolute Gasteiger partial charge is 0.115 e. The van der Waals surface area contributed by atoms with Crippen LogP contribution in [0.15, 0.2) is 89.9 Å². The molecule has 2 nitrogen and oxygen atoms in total. The third-order valence-corrected chi connectivity index (χ3v) is 4.62. The molecule has 0 saturated heterocycles. The predicted octanol–water partition coefficient (Wildman–Crippen LogP) is 4.22. The maximum atomic E-state index is 6.49. The van der Waals surface area contributed by atoms with E-state index in [2.05, 4.69) is 65.7 Å². The number of hydrogen-bond donors (Lipinski definition) is 1. The van der Waals surface area contributed by atoms with Crippen LogP contribution in [0.2, 0.25) is 0 Å². The highest BCUT2D eigenvalue weighted by Gasteiger charge is 2.43. The van der Waals surface area contributed by atoms with E-state index in [4.69, 9.17) is 5.73 Å². The molecule has 23 heavy (non-hydrogen) atoms. The maximum absolute atomic E-state index is 6.49. The number of nitrogens with two attached hydrogens (primary N) is 1. The van der Waals surface area contributed by atoms with Gasteiger partial charge in [-0.15, -0.1) is 0 Å². The molecule has 0 aliphatic carbocycles. The lowest BCUT2D eigenvalue weighted by molar-refractivity contribution is 0.689. The molecule has 0 radical (unpaired) electrons. The maximum Gasteiger partial charge on any atom is 0.115 e. The number of benzene rings is 3. The molecule has 0 spiro atoms. The molecule has 3 aromatic carbocycles. The van der Waals surface area contributed by atoms with E-state index in [1.165, 1.54) is 16.7 Å². The van der Waals surface area contributed by atoms with Crippen molar-refractivity contribution in [3.05, 3.63) is 102 Å². The van der Waals surface area contributed by atoms with Crippen molar-refractivity contribution in [1.29, 1.82) is 0 Å². The van der Waals surface area contributed by atoms with E-state index in [9.17, 15) is 0 Å². The van der Waals surface area contributed by atoms with Crippen molar-refractivity contribution in [1.82, 2.24) is 0 Å². The van der Waals surface area contributed by atoms with Crippen LogP contribution in [-0.2, 0) is 11.8 Å². The first kappa shape index (κ1) is 13.8. The number of nitrogens with zero attached hydrogens (tertiary/aromatic N) is 1. The molecule has 0 bridgehead atoms. The lowest BCUT2D eigenvalue weighted by atomic mass is 9.70. The summed E-state index contributed by atoms with van der Waals surface area (Å²) < 4.78 is 0. The first-order chi connectivity index (χ1) is 11.3. The molecule has 2 N–H and O–H groups in total. The monoisotopic (exact) mass is 298 g/mol. The minimum absolute atomic E-state index is 0.390. The molecule has 4 rings (SSSR count). The van der Waals surface area contributed by atoms with E-state index in [-0.39, 0.29) is 5.41 Å². The fourth-order valence-electron chi connectivity index (χ4n) is 3.51. The number of amidine groups is 1. The van der Waals surface area contributed by atoms with Gasteiger partial charge in [-0.1, -0.05) is 78.9 Å². The molecule has 0 aromatic heterocycles. The molecule has 1 heterocycles. The van der Waals surface area contributed by atoms with Gasteiger partial charge in [0, 0.05) is 0 Å². The lowest BCUT2D eigenvalue weighted by Gasteiger charge is -2.31. The summed E-state index contributed by atoms with van der Waals surface area (Å²) in [5, 5.41) is 0. The summed E-state index contributed by atoms with van der Waals surface area (Å²) in [7, 11) is 0. The van der Waals surface area contributed by atoms with Crippen molar-refractivity contribution in [2.24, 2.45) is 10.7 Å². The number of aliphatic imine (C=N–C) groups is 1. The van der Waals surface area contributed by atoms with Gasteiger partial charge in [-0.25, -0.2) is 4.99 Å². The van der Waals surface area contributed by atoms with E-state index in [0.717, 1.165) is 12.1 Å². The Bertz CT molecular complexity index is 853. The molecular formula is C21H18N2. The van der Waals surface area contributed by atoms with Crippen LogP contribution in [0.1, 0.15) is 16.7 Å². The van der Waals surface area contributed by atoms with E-state index in [0.29, 0.717) is 5.84 Å². The van der Waals surface area contributed by atoms with Crippen LogP contribution in [0, 0.1) is 0 Å². The first-order valence-corrected chi connectivity index (χ1v) is 7.84. The van der Waals surface area contributed by atoms with Gasteiger partial charge in [0.15, 0.2) is 0 Å². The Hall–Kier alpha value is -2.87. The summed E-state index contributed by atoms with van der Waals surface area (Å²) in [5.74, 6) is 0.675. The topological polar surface area (TPSA) is 38.4 Å². The fourth-order valence-corrected chi connectivity index (χ4v) is 3.51. The molecule has 1 unspecified atom stereocenters. The number of rotatable bonds is 3. The van der Waals surface area contributed by atoms with E-state index in [1.807, 2.05) is 24.3 Å². The second kappa shape index (κ2) is 5.40. The highest BCUT2D eigenvalue weighted by molar-refractivity contribution is 6.02.